The average molecular weight is 573 g/mol. The number of aromatic nitrogens is 2. The van der Waals surface area contributed by atoms with Crippen LogP contribution >= 0.6 is 0 Å². The van der Waals surface area contributed by atoms with Gasteiger partial charge in [0.2, 0.25) is 0 Å². The number of hydrogen-bond donors (Lipinski definition) is 0. The zero-order valence-corrected chi connectivity index (χ0v) is 26.4. The molecule has 2 heterocycles. The van der Waals surface area contributed by atoms with Gasteiger partial charge in [-0.15, -0.1) is 0 Å². The maximum atomic E-state index is 13.1. The zero-order chi connectivity index (χ0) is 29.7. The van der Waals surface area contributed by atoms with Crippen molar-refractivity contribution in [2.75, 3.05) is 6.61 Å². The molecule has 1 aromatic heterocycles. The Labute approximate surface area is 246 Å². The highest BCUT2D eigenvalue weighted by Gasteiger charge is 2.50. The van der Waals surface area contributed by atoms with Crippen molar-refractivity contribution >= 4 is 24.8 Å². The number of amides is 1. The predicted molar refractivity (Wildman–Crippen MR) is 165 cm³/mol. The zero-order valence-electron chi connectivity index (χ0n) is 25.4. The van der Waals surface area contributed by atoms with Gasteiger partial charge in [-0.2, -0.15) is 10.4 Å². The van der Waals surface area contributed by atoms with Crippen molar-refractivity contribution in [3.8, 4) is 6.07 Å². The van der Waals surface area contributed by atoms with Gasteiger partial charge in [0.05, 0.1) is 24.8 Å². The van der Waals surface area contributed by atoms with Crippen molar-refractivity contribution in [2.45, 2.75) is 97.0 Å². The molecule has 7 nitrogen and oxygen atoms in total. The Morgan fingerprint density at radius 1 is 0.976 bits per heavy atom. The molecule has 1 atom stereocenters. The van der Waals surface area contributed by atoms with E-state index in [0.717, 1.165) is 31.4 Å². The Hall–Kier alpha value is -3.41. The number of fused-ring (bicyclic) bond motifs is 1. The van der Waals surface area contributed by atoms with E-state index >= 15 is 0 Å². The molecule has 0 bridgehead atoms. The van der Waals surface area contributed by atoms with E-state index < -0.39 is 13.9 Å². The molecule has 1 aliphatic rings. The Bertz CT molecular complexity index is 1300. The Morgan fingerprint density at radius 3 is 2.12 bits per heavy atom. The van der Waals surface area contributed by atoms with E-state index in [9.17, 15) is 10.1 Å². The number of nitrogens with zero attached hydrogens (tertiary/aromatic N) is 4. The molecule has 0 saturated heterocycles. The van der Waals surface area contributed by atoms with Gasteiger partial charge in [0.15, 0.2) is 5.69 Å². The van der Waals surface area contributed by atoms with Crippen LogP contribution in [-0.2, 0) is 22.3 Å². The molecule has 0 saturated carbocycles. The standard InChI is InChI=1S/C33H44N4O3Si/c1-32(2,3)40-31(38)36-24-28-22-26(23-34)35-37(28)25-27(36)16-10-9-15-21-39-41(33(4,5)6,29-17-11-7-12-18-29)30-19-13-8-14-20-30/h7-8,11-14,17-20,22,27H,9-10,15-16,21,24-25H2,1-6H3/t27-/m1/s1. The van der Waals surface area contributed by atoms with Gasteiger partial charge in [-0.1, -0.05) is 94.3 Å². The van der Waals surface area contributed by atoms with Crippen LogP contribution in [0.5, 0.6) is 0 Å². The van der Waals surface area contributed by atoms with Crippen LogP contribution < -0.4 is 10.4 Å². The fraction of sp³-hybridized carbons (Fsp3) is 0.485. The summed E-state index contributed by atoms with van der Waals surface area (Å²) in [7, 11) is -2.54. The smallest absolute Gasteiger partial charge is 0.410 e. The monoisotopic (exact) mass is 572 g/mol. The van der Waals surface area contributed by atoms with Gasteiger partial charge in [-0.25, -0.2) is 4.79 Å². The molecule has 0 unspecified atom stereocenters. The van der Waals surface area contributed by atoms with Crippen LogP contribution in [0.15, 0.2) is 66.7 Å². The summed E-state index contributed by atoms with van der Waals surface area (Å²) >= 11 is 0. The molecule has 8 heteroatoms. The molecule has 0 spiro atoms. The predicted octanol–water partition coefficient (Wildman–Crippen LogP) is 6.01. The minimum absolute atomic E-state index is 0.0404. The normalized spacial score (nSPS) is 15.7. The Kier molecular flexibility index (Phi) is 9.40. The van der Waals surface area contributed by atoms with Gasteiger partial charge in [0.1, 0.15) is 11.7 Å². The first-order valence-corrected chi connectivity index (χ1v) is 16.6. The second-order valence-electron chi connectivity index (χ2n) is 12.9. The van der Waals surface area contributed by atoms with Gasteiger partial charge in [-0.3, -0.25) is 9.58 Å². The fourth-order valence-electron chi connectivity index (χ4n) is 5.82. The van der Waals surface area contributed by atoms with Crippen LogP contribution in [-0.4, -0.2) is 47.3 Å². The van der Waals surface area contributed by atoms with Crippen LogP contribution in [0.25, 0.3) is 0 Å². The molecule has 1 amide bonds. The highest BCUT2D eigenvalue weighted by molar-refractivity contribution is 6.99. The van der Waals surface area contributed by atoms with Crippen LogP contribution in [0.3, 0.4) is 0 Å². The first-order valence-electron chi connectivity index (χ1n) is 14.7. The van der Waals surface area contributed by atoms with Crippen LogP contribution in [0.2, 0.25) is 5.04 Å². The van der Waals surface area contributed by atoms with Gasteiger partial charge < -0.3 is 9.16 Å². The number of benzene rings is 2. The van der Waals surface area contributed by atoms with Crippen molar-refractivity contribution in [1.82, 2.24) is 14.7 Å². The molecular weight excluding hydrogens is 528 g/mol. The number of nitriles is 1. The van der Waals surface area contributed by atoms with Gasteiger partial charge in [-0.05, 0) is 55.1 Å². The van der Waals surface area contributed by atoms with E-state index in [1.54, 1.807) is 6.07 Å². The van der Waals surface area contributed by atoms with E-state index in [4.69, 9.17) is 9.16 Å². The molecule has 0 radical (unpaired) electrons. The van der Waals surface area contributed by atoms with E-state index in [2.05, 4.69) is 92.6 Å². The number of carbonyl (C=O) groups is 1. The molecular formula is C33H44N4O3Si. The summed E-state index contributed by atoms with van der Waals surface area (Å²) in [4.78, 5) is 14.9. The van der Waals surface area contributed by atoms with Gasteiger partial charge in [0.25, 0.3) is 8.32 Å². The van der Waals surface area contributed by atoms with Crippen molar-refractivity contribution in [3.05, 3.63) is 78.1 Å². The fourth-order valence-corrected chi connectivity index (χ4v) is 10.4. The molecule has 41 heavy (non-hydrogen) atoms. The minimum atomic E-state index is -2.54. The summed E-state index contributed by atoms with van der Waals surface area (Å²) in [5.74, 6) is 0. The largest absolute Gasteiger partial charge is 0.444 e. The molecule has 3 aromatic rings. The first-order chi connectivity index (χ1) is 19.4. The number of unbranched alkanes of at least 4 members (excludes halogenated alkanes) is 2. The molecule has 0 N–H and O–H groups in total. The number of carbonyl (C=O) groups excluding carboxylic acids is 1. The lowest BCUT2D eigenvalue weighted by Crippen LogP contribution is -2.66. The Morgan fingerprint density at radius 2 is 1.59 bits per heavy atom. The van der Waals surface area contributed by atoms with Crippen molar-refractivity contribution in [3.63, 3.8) is 0 Å². The Balaban J connectivity index is 1.42. The van der Waals surface area contributed by atoms with E-state index in [-0.39, 0.29) is 17.2 Å². The maximum absolute atomic E-state index is 13.1. The lowest BCUT2D eigenvalue weighted by molar-refractivity contribution is 0.00526. The summed E-state index contributed by atoms with van der Waals surface area (Å²) in [6.45, 7) is 14.2. The van der Waals surface area contributed by atoms with Crippen LogP contribution in [0.4, 0.5) is 4.79 Å². The average Bonchev–Trinajstić information content (AvgIpc) is 3.34. The topological polar surface area (TPSA) is 80.4 Å². The number of hydrogen-bond acceptors (Lipinski definition) is 5. The molecule has 2 aromatic carbocycles. The maximum Gasteiger partial charge on any atom is 0.410 e. The SMILES string of the molecule is CC(C)(C)OC(=O)N1Cc2cc(C#N)nn2C[C@H]1CCCCCO[Si](c1ccccc1)(c1ccccc1)C(C)(C)C. The van der Waals surface area contributed by atoms with Crippen molar-refractivity contribution < 1.29 is 14.0 Å². The highest BCUT2D eigenvalue weighted by atomic mass is 28.4. The molecule has 1 aliphatic heterocycles. The third-order valence-electron chi connectivity index (χ3n) is 7.68. The van der Waals surface area contributed by atoms with Gasteiger partial charge in [0, 0.05) is 6.61 Å². The second kappa shape index (κ2) is 12.6. The van der Waals surface area contributed by atoms with Crippen LogP contribution in [0.1, 0.15) is 78.6 Å². The summed E-state index contributed by atoms with van der Waals surface area (Å²) in [6, 6.07) is 25.3. The lowest BCUT2D eigenvalue weighted by atomic mass is 10.0. The second-order valence-corrected chi connectivity index (χ2v) is 17.2. The lowest BCUT2D eigenvalue weighted by Gasteiger charge is -2.43. The van der Waals surface area contributed by atoms with E-state index in [1.807, 2.05) is 30.4 Å². The summed E-state index contributed by atoms with van der Waals surface area (Å²) in [5.41, 5.74) is 0.669. The van der Waals surface area contributed by atoms with E-state index in [1.165, 1.54) is 10.4 Å². The van der Waals surface area contributed by atoms with Gasteiger partial charge >= 0.3 is 6.09 Å². The quantitative estimate of drug-likeness (QED) is 0.232. The summed E-state index contributed by atoms with van der Waals surface area (Å²) < 4.78 is 14.6. The number of ether oxygens (including phenoxy) is 1. The minimum Gasteiger partial charge on any atom is -0.444 e. The number of rotatable bonds is 9. The molecule has 218 valence electrons. The van der Waals surface area contributed by atoms with Crippen molar-refractivity contribution in [2.24, 2.45) is 0 Å². The third-order valence-corrected chi connectivity index (χ3v) is 12.7. The molecule has 4 rings (SSSR count). The summed E-state index contributed by atoms with van der Waals surface area (Å²) in [5, 5.41) is 16.3. The molecule has 0 aliphatic carbocycles. The highest BCUT2D eigenvalue weighted by Crippen LogP contribution is 2.37. The summed E-state index contributed by atoms with van der Waals surface area (Å²) in [6.07, 6.45) is 3.40. The molecule has 0 fully saturated rings. The van der Waals surface area contributed by atoms with Crippen molar-refractivity contribution in [1.29, 1.82) is 5.26 Å². The third kappa shape index (κ3) is 7.09. The van der Waals surface area contributed by atoms with Crippen LogP contribution in [0, 0.1) is 11.3 Å². The first kappa shape index (κ1) is 30.5. The van der Waals surface area contributed by atoms with E-state index in [0.29, 0.717) is 25.4 Å².